The summed E-state index contributed by atoms with van der Waals surface area (Å²) in [6.07, 6.45) is -3.64. The average molecular weight is 296 g/mol. The fourth-order valence-corrected chi connectivity index (χ4v) is 2.46. The maximum absolute atomic E-state index is 13.7. The van der Waals surface area contributed by atoms with Gasteiger partial charge in [0.15, 0.2) is 0 Å². The number of aromatic nitrogens is 2. The highest BCUT2D eigenvalue weighted by molar-refractivity contribution is 5.75. The van der Waals surface area contributed by atoms with Crippen LogP contribution >= 0.6 is 0 Å². The van der Waals surface area contributed by atoms with Crippen molar-refractivity contribution >= 4 is 11.0 Å². The molecule has 1 aliphatic heterocycles. The summed E-state index contributed by atoms with van der Waals surface area (Å²) in [4.78, 5) is 18.3. The highest BCUT2D eigenvalue weighted by Gasteiger charge is 2.44. The third-order valence-corrected chi connectivity index (χ3v) is 3.58. The maximum atomic E-state index is 13.7. The lowest BCUT2D eigenvalue weighted by Crippen LogP contribution is -2.33. The number of pyridine rings is 2. The van der Waals surface area contributed by atoms with Gasteiger partial charge in [-0.15, -0.1) is 0 Å². The first-order valence-electron chi connectivity index (χ1n) is 6.33. The van der Waals surface area contributed by atoms with E-state index in [4.69, 9.17) is 9.84 Å². The Morgan fingerprint density at radius 1 is 1.38 bits per heavy atom. The predicted octanol–water partition coefficient (Wildman–Crippen LogP) is -0.784. The molecule has 4 atom stereocenters. The second kappa shape index (κ2) is 5.15. The lowest BCUT2D eigenvalue weighted by atomic mass is 10.0. The highest BCUT2D eigenvalue weighted by Crippen LogP contribution is 2.32. The zero-order chi connectivity index (χ0) is 15.1. The van der Waals surface area contributed by atoms with Gasteiger partial charge in [0.1, 0.15) is 35.9 Å². The number of ether oxygens (including phenoxy) is 1. The van der Waals surface area contributed by atoms with Crippen molar-refractivity contribution in [3.8, 4) is 0 Å². The molecule has 8 heteroatoms. The molecule has 1 saturated heterocycles. The third kappa shape index (κ3) is 2.22. The number of nitrogens with one attached hydrogen (secondary N) is 1. The van der Waals surface area contributed by atoms with E-state index >= 15 is 0 Å². The van der Waals surface area contributed by atoms with Gasteiger partial charge >= 0.3 is 0 Å². The summed E-state index contributed by atoms with van der Waals surface area (Å²) in [6, 6.07) is 2.37. The van der Waals surface area contributed by atoms with Crippen LogP contribution in [0.25, 0.3) is 11.0 Å². The predicted molar refractivity (Wildman–Crippen MR) is 69.0 cm³/mol. The van der Waals surface area contributed by atoms with Gasteiger partial charge in [-0.25, -0.2) is 9.37 Å². The van der Waals surface area contributed by atoms with Crippen LogP contribution < -0.4 is 5.56 Å². The average Bonchev–Trinajstić information content (AvgIpc) is 2.75. The lowest BCUT2D eigenvalue weighted by molar-refractivity contribution is -0.0231. The fourth-order valence-electron chi connectivity index (χ4n) is 2.46. The Morgan fingerprint density at radius 3 is 2.81 bits per heavy atom. The lowest BCUT2D eigenvalue weighted by Gasteiger charge is -2.14. The first kappa shape index (κ1) is 14.1. The second-order valence-electron chi connectivity index (χ2n) is 4.87. The minimum Gasteiger partial charge on any atom is -0.394 e. The van der Waals surface area contributed by atoms with Crippen molar-refractivity contribution in [2.24, 2.45) is 0 Å². The molecule has 4 N–H and O–H groups in total. The zero-order valence-electron chi connectivity index (χ0n) is 10.7. The van der Waals surface area contributed by atoms with Crippen LogP contribution in [0.15, 0.2) is 23.1 Å². The molecular formula is C13H13FN2O5. The van der Waals surface area contributed by atoms with E-state index in [0.29, 0.717) is 0 Å². The number of hydrogen-bond acceptors (Lipinski definition) is 6. The van der Waals surface area contributed by atoms with Crippen molar-refractivity contribution in [1.82, 2.24) is 9.97 Å². The standard InChI is InChI=1S/C13H13FN2O5/c14-7-1-2-15-12-5(7)3-6(13(20)16-12)11-10(19)9(18)8(4-17)21-11/h1-3,8-11,17-19H,4H2,(H,15,16,20). The van der Waals surface area contributed by atoms with Gasteiger partial charge in [0.2, 0.25) is 0 Å². The smallest absolute Gasteiger partial charge is 0.255 e. The molecule has 0 radical (unpaired) electrons. The molecule has 0 spiro atoms. The molecule has 3 heterocycles. The number of H-pyrrole nitrogens is 1. The molecule has 0 saturated carbocycles. The van der Waals surface area contributed by atoms with Gasteiger partial charge in [-0.1, -0.05) is 0 Å². The Kier molecular flexibility index (Phi) is 3.46. The van der Waals surface area contributed by atoms with E-state index in [-0.39, 0.29) is 16.6 Å². The summed E-state index contributed by atoms with van der Waals surface area (Å²) in [5.74, 6) is -0.579. The van der Waals surface area contributed by atoms with Crippen LogP contribution in [0, 0.1) is 5.82 Å². The molecule has 2 aromatic rings. The molecule has 0 aromatic carbocycles. The summed E-state index contributed by atoms with van der Waals surface area (Å²) in [6.45, 7) is -0.504. The van der Waals surface area contributed by atoms with Gasteiger partial charge in [0.05, 0.1) is 12.0 Å². The molecular weight excluding hydrogens is 283 g/mol. The number of aromatic amines is 1. The Bertz CT molecular complexity index is 734. The van der Waals surface area contributed by atoms with E-state index in [2.05, 4.69) is 9.97 Å². The molecule has 0 bridgehead atoms. The van der Waals surface area contributed by atoms with Gasteiger partial charge in [-0.3, -0.25) is 4.79 Å². The molecule has 0 amide bonds. The molecule has 7 nitrogen and oxygen atoms in total. The van der Waals surface area contributed by atoms with Crippen LogP contribution in [0.1, 0.15) is 11.7 Å². The number of aliphatic hydroxyl groups is 3. The monoisotopic (exact) mass is 296 g/mol. The van der Waals surface area contributed by atoms with Crippen LogP contribution in [0.3, 0.4) is 0 Å². The molecule has 1 aliphatic rings. The summed E-state index contributed by atoms with van der Waals surface area (Å²) in [5.41, 5.74) is -0.553. The SMILES string of the molecule is O=c1[nH]c2nccc(F)c2cc1C1OC(CO)C(O)C1O. The second-order valence-corrected chi connectivity index (χ2v) is 4.87. The van der Waals surface area contributed by atoms with Crippen LogP contribution in [-0.2, 0) is 4.74 Å². The molecule has 21 heavy (non-hydrogen) atoms. The van der Waals surface area contributed by atoms with Crippen molar-refractivity contribution in [2.45, 2.75) is 24.4 Å². The van der Waals surface area contributed by atoms with Gasteiger partial charge in [0, 0.05) is 11.8 Å². The third-order valence-electron chi connectivity index (χ3n) is 3.58. The topological polar surface area (TPSA) is 116 Å². The quantitative estimate of drug-likeness (QED) is 0.577. The van der Waals surface area contributed by atoms with Crippen molar-refractivity contribution < 1.29 is 24.4 Å². The number of hydrogen-bond donors (Lipinski definition) is 4. The first-order chi connectivity index (χ1) is 10.0. The van der Waals surface area contributed by atoms with Crippen molar-refractivity contribution in [1.29, 1.82) is 0 Å². The Hall–Kier alpha value is -1.87. The molecule has 112 valence electrons. The summed E-state index contributed by atoms with van der Waals surface area (Å²) in [7, 11) is 0. The van der Waals surface area contributed by atoms with Gasteiger partial charge in [-0.05, 0) is 12.1 Å². The molecule has 2 aromatic heterocycles. The van der Waals surface area contributed by atoms with Crippen LogP contribution in [-0.4, -0.2) is 50.2 Å². The Balaban J connectivity index is 2.11. The van der Waals surface area contributed by atoms with Crippen molar-refractivity contribution in [3.63, 3.8) is 0 Å². The van der Waals surface area contributed by atoms with E-state index in [1.165, 1.54) is 12.3 Å². The van der Waals surface area contributed by atoms with Crippen LogP contribution in [0.5, 0.6) is 0 Å². The fraction of sp³-hybridized carbons (Fsp3) is 0.385. The van der Waals surface area contributed by atoms with E-state index in [0.717, 1.165) is 6.07 Å². The summed E-state index contributed by atoms with van der Waals surface area (Å²) < 4.78 is 19.0. The van der Waals surface area contributed by atoms with Crippen LogP contribution in [0.4, 0.5) is 4.39 Å². The van der Waals surface area contributed by atoms with Crippen LogP contribution in [0.2, 0.25) is 0 Å². The van der Waals surface area contributed by atoms with E-state index in [9.17, 15) is 19.4 Å². The highest BCUT2D eigenvalue weighted by atomic mass is 19.1. The normalized spacial score (nSPS) is 29.1. The largest absolute Gasteiger partial charge is 0.394 e. The number of fused-ring (bicyclic) bond motifs is 1. The van der Waals surface area contributed by atoms with E-state index < -0.39 is 42.4 Å². The minimum absolute atomic E-state index is 0.0306. The molecule has 1 fully saturated rings. The Labute approximate surface area is 117 Å². The number of rotatable bonds is 2. The molecule has 3 rings (SSSR count). The molecule has 4 unspecified atom stereocenters. The van der Waals surface area contributed by atoms with Gasteiger partial charge < -0.3 is 25.0 Å². The summed E-state index contributed by atoms with van der Waals surface area (Å²) >= 11 is 0. The number of aliphatic hydroxyl groups excluding tert-OH is 3. The zero-order valence-corrected chi connectivity index (χ0v) is 10.7. The van der Waals surface area contributed by atoms with Crippen molar-refractivity contribution in [3.05, 3.63) is 40.1 Å². The van der Waals surface area contributed by atoms with Crippen molar-refractivity contribution in [2.75, 3.05) is 6.61 Å². The van der Waals surface area contributed by atoms with E-state index in [1.54, 1.807) is 0 Å². The summed E-state index contributed by atoms with van der Waals surface area (Å²) in [5, 5.41) is 28.8. The Morgan fingerprint density at radius 2 is 2.14 bits per heavy atom. The maximum Gasteiger partial charge on any atom is 0.255 e. The van der Waals surface area contributed by atoms with Gasteiger partial charge in [0.25, 0.3) is 5.56 Å². The number of halogens is 1. The van der Waals surface area contributed by atoms with E-state index in [1.807, 2.05) is 0 Å². The minimum atomic E-state index is -1.39. The number of nitrogens with zero attached hydrogens (tertiary/aromatic N) is 1. The molecule has 0 aliphatic carbocycles. The first-order valence-corrected chi connectivity index (χ1v) is 6.33. The van der Waals surface area contributed by atoms with Gasteiger partial charge in [-0.2, -0.15) is 0 Å².